The zero-order valence-electron chi connectivity index (χ0n) is 15.0. The van der Waals surface area contributed by atoms with Crippen LogP contribution in [0.5, 0.6) is 0 Å². The Morgan fingerprint density at radius 1 is 1.00 bits per heavy atom. The molecule has 0 bridgehead atoms. The van der Waals surface area contributed by atoms with Crippen LogP contribution in [0.15, 0.2) is 60.8 Å². The third kappa shape index (κ3) is 5.28. The van der Waals surface area contributed by atoms with E-state index in [0.29, 0.717) is 22.9 Å². The van der Waals surface area contributed by atoms with Crippen molar-refractivity contribution >= 4 is 52.9 Å². The average molecular weight is 441 g/mol. The molecule has 0 fully saturated rings. The van der Waals surface area contributed by atoms with Gasteiger partial charge in [-0.05, 0) is 0 Å². The first-order valence-corrected chi connectivity index (χ1v) is 11.4. The van der Waals surface area contributed by atoms with Gasteiger partial charge in [0.05, 0.1) is 0 Å². The molecule has 1 heterocycles. The summed E-state index contributed by atoms with van der Waals surface area (Å²) in [5.41, 5.74) is 1.66. The summed E-state index contributed by atoms with van der Waals surface area (Å²) in [4.78, 5) is 30.6. The average Bonchev–Trinajstić information content (AvgIpc) is 3.11. The molecule has 1 aromatic heterocycles. The minimum absolute atomic E-state index is 0.0698. The third-order valence-electron chi connectivity index (χ3n) is 3.76. The molecule has 3 rings (SSSR count). The van der Waals surface area contributed by atoms with Crippen LogP contribution in [0.3, 0.4) is 0 Å². The summed E-state index contributed by atoms with van der Waals surface area (Å²) in [5, 5.41) is 5.73. The molecule has 27 heavy (non-hydrogen) atoms. The van der Waals surface area contributed by atoms with Crippen LogP contribution in [0.2, 0.25) is 0 Å². The Morgan fingerprint density at radius 2 is 1.70 bits per heavy atom. The number of aromatic nitrogens is 1. The van der Waals surface area contributed by atoms with E-state index < -0.39 is 15.8 Å². The molecule has 138 valence electrons. The van der Waals surface area contributed by atoms with Crippen LogP contribution in [-0.4, -0.2) is 31.3 Å². The van der Waals surface area contributed by atoms with Crippen LogP contribution >= 0.6 is 11.3 Å². The first-order valence-electron chi connectivity index (χ1n) is 8.52. The van der Waals surface area contributed by atoms with E-state index in [1.165, 1.54) is 4.88 Å². The van der Waals surface area contributed by atoms with Crippen molar-refractivity contribution in [3.05, 3.63) is 71.2 Å². The van der Waals surface area contributed by atoms with E-state index in [9.17, 15) is 9.59 Å². The molecule has 7 heteroatoms. The Bertz CT molecular complexity index is 941. The summed E-state index contributed by atoms with van der Waals surface area (Å²) in [5.74, 6) is 0.154. The third-order valence-corrected chi connectivity index (χ3v) is 7.51. The molecular weight excluding hydrogens is 421 g/mol. The van der Waals surface area contributed by atoms with Gasteiger partial charge < -0.3 is 0 Å². The van der Waals surface area contributed by atoms with Gasteiger partial charge in [-0.3, -0.25) is 0 Å². The van der Waals surface area contributed by atoms with Gasteiger partial charge in [-0.1, -0.05) is 0 Å². The first-order chi connectivity index (χ1) is 13.0. The van der Waals surface area contributed by atoms with Crippen molar-refractivity contribution in [2.45, 2.75) is 19.8 Å². The zero-order chi connectivity index (χ0) is 19.2. The maximum atomic E-state index is 12.6. The Balaban J connectivity index is 1.69. The standard InChI is InChI=1S/C20H20AsN3O2S/c1-13(2)17-12-22-20(27-17)21-19(26)24-16-11-7-6-10-15(16)18(25)23-14-8-4-3-5-9-14/h3-13,21H,1-2H3,(H,23,25)(H,24,26). The van der Waals surface area contributed by atoms with Crippen molar-refractivity contribution in [1.29, 1.82) is 0 Å². The molecule has 0 radical (unpaired) electrons. The molecule has 3 aromatic rings. The molecule has 5 nitrogen and oxygen atoms in total. The first kappa shape index (κ1) is 19.3. The van der Waals surface area contributed by atoms with Crippen LogP contribution in [-0.2, 0) is 0 Å². The number of amides is 2. The van der Waals surface area contributed by atoms with E-state index in [1.54, 1.807) is 35.6 Å². The van der Waals surface area contributed by atoms with Crippen LogP contribution < -0.4 is 14.4 Å². The molecular formula is C20H20AsN3O2S. The quantitative estimate of drug-likeness (QED) is 0.572. The van der Waals surface area contributed by atoms with Crippen LogP contribution in [0.25, 0.3) is 0 Å². The Morgan fingerprint density at radius 3 is 2.41 bits per heavy atom. The van der Waals surface area contributed by atoms with E-state index >= 15 is 0 Å². The molecule has 0 saturated heterocycles. The number of carbonyl (C=O) groups excluding carboxylic acids is 2. The SMILES string of the molecule is CC(C)c1cnc([AsH]C(=O)Nc2ccccc2C(=O)Nc2ccccc2)s1. The summed E-state index contributed by atoms with van der Waals surface area (Å²) in [7, 11) is 0. The Hall–Kier alpha value is -2.43. The molecule has 0 aliphatic carbocycles. The fourth-order valence-electron chi connectivity index (χ4n) is 2.37. The van der Waals surface area contributed by atoms with Crippen molar-refractivity contribution in [2.75, 3.05) is 10.6 Å². The number of carbonyl (C=O) groups is 2. The van der Waals surface area contributed by atoms with Gasteiger partial charge in [0, 0.05) is 0 Å². The number of nitrogens with zero attached hydrogens (tertiary/aromatic N) is 1. The fraction of sp³-hybridized carbons (Fsp3) is 0.150. The van der Waals surface area contributed by atoms with E-state index in [0.717, 1.165) is 3.80 Å². The van der Waals surface area contributed by atoms with Crippen LogP contribution in [0, 0.1) is 0 Å². The number of benzene rings is 2. The number of hydrogen-bond donors (Lipinski definition) is 2. The summed E-state index contributed by atoms with van der Waals surface area (Å²) < 4.78 is 0.821. The summed E-state index contributed by atoms with van der Waals surface area (Å²) >= 11 is 0.523. The maximum absolute atomic E-state index is 12.6. The second-order valence-electron chi connectivity index (χ2n) is 6.17. The molecule has 0 spiro atoms. The van der Waals surface area contributed by atoms with Crippen LogP contribution in [0.1, 0.15) is 35.0 Å². The van der Waals surface area contributed by atoms with Gasteiger partial charge in [0.2, 0.25) is 0 Å². The molecule has 1 atom stereocenters. The number of para-hydroxylation sites is 2. The molecule has 0 aliphatic rings. The van der Waals surface area contributed by atoms with Crippen molar-refractivity contribution in [2.24, 2.45) is 0 Å². The second-order valence-corrected chi connectivity index (χ2v) is 10.5. The predicted octanol–water partition coefficient (Wildman–Crippen LogP) is 3.81. The van der Waals surface area contributed by atoms with E-state index in [-0.39, 0.29) is 10.6 Å². The monoisotopic (exact) mass is 441 g/mol. The predicted molar refractivity (Wildman–Crippen MR) is 113 cm³/mol. The number of thiazole rings is 1. The fourth-order valence-corrected chi connectivity index (χ4v) is 5.73. The minimum atomic E-state index is -1.07. The molecule has 2 amide bonds. The zero-order valence-corrected chi connectivity index (χ0v) is 17.9. The topological polar surface area (TPSA) is 71.1 Å². The molecule has 0 saturated carbocycles. The number of hydrogen-bond acceptors (Lipinski definition) is 4. The van der Waals surface area contributed by atoms with Crippen molar-refractivity contribution in [3.8, 4) is 0 Å². The summed E-state index contributed by atoms with van der Waals surface area (Å²) in [6.45, 7) is 4.22. The normalized spacial score (nSPS) is 11.1. The van der Waals surface area contributed by atoms with E-state index in [2.05, 4.69) is 29.5 Å². The summed E-state index contributed by atoms with van der Waals surface area (Å²) in [6.07, 6.45) is 1.85. The number of anilines is 2. The Kier molecular flexibility index (Phi) is 6.43. The van der Waals surface area contributed by atoms with Crippen molar-refractivity contribution in [3.63, 3.8) is 0 Å². The second kappa shape index (κ2) is 8.98. The van der Waals surface area contributed by atoms with Crippen LogP contribution in [0.4, 0.5) is 16.2 Å². The van der Waals surface area contributed by atoms with E-state index in [4.69, 9.17) is 0 Å². The molecule has 0 aliphatic heterocycles. The van der Waals surface area contributed by atoms with Crippen molar-refractivity contribution in [1.82, 2.24) is 4.98 Å². The van der Waals surface area contributed by atoms with Gasteiger partial charge in [0.1, 0.15) is 0 Å². The number of rotatable bonds is 6. The van der Waals surface area contributed by atoms with Gasteiger partial charge in [0.15, 0.2) is 0 Å². The van der Waals surface area contributed by atoms with Gasteiger partial charge in [-0.2, -0.15) is 0 Å². The number of nitrogens with one attached hydrogen (secondary N) is 2. The van der Waals surface area contributed by atoms with E-state index in [1.807, 2.05) is 36.5 Å². The van der Waals surface area contributed by atoms with Gasteiger partial charge in [0.25, 0.3) is 0 Å². The summed E-state index contributed by atoms with van der Waals surface area (Å²) in [6, 6.07) is 16.3. The Labute approximate surface area is 168 Å². The van der Waals surface area contributed by atoms with Crippen molar-refractivity contribution < 1.29 is 9.59 Å². The molecule has 1 unspecified atom stereocenters. The molecule has 2 N–H and O–H groups in total. The molecule has 2 aromatic carbocycles. The van der Waals surface area contributed by atoms with Gasteiger partial charge in [-0.25, -0.2) is 0 Å². The van der Waals surface area contributed by atoms with Gasteiger partial charge in [-0.15, -0.1) is 0 Å². The van der Waals surface area contributed by atoms with Gasteiger partial charge >= 0.3 is 169 Å².